The Morgan fingerprint density at radius 2 is 1.92 bits per heavy atom. The van der Waals surface area contributed by atoms with E-state index in [-0.39, 0.29) is 5.91 Å². The molecule has 0 amide bonds. The fraction of sp³-hybridized carbons (Fsp3) is 0.150. The van der Waals surface area contributed by atoms with Crippen LogP contribution >= 0.6 is 0 Å². The number of allylic oxidation sites excluding steroid dienone is 2. The van der Waals surface area contributed by atoms with E-state index in [0.717, 1.165) is 11.1 Å². The van der Waals surface area contributed by atoms with Crippen molar-refractivity contribution >= 4 is 28.2 Å². The van der Waals surface area contributed by atoms with Crippen molar-refractivity contribution in [3.05, 3.63) is 65.5 Å². The molecule has 122 valence electrons. The maximum absolute atomic E-state index is 13.4. The lowest BCUT2D eigenvalue weighted by Gasteiger charge is -2.27. The monoisotopic (exact) mass is 328 g/mol. The summed E-state index contributed by atoms with van der Waals surface area (Å²) in [4.78, 5) is 17.9. The van der Waals surface area contributed by atoms with E-state index < -0.39 is 5.92 Å². The highest BCUT2D eigenvalue weighted by Crippen LogP contribution is 2.41. The highest BCUT2D eigenvalue weighted by atomic mass is 16.2. The summed E-state index contributed by atoms with van der Waals surface area (Å²) in [6.07, 6.45) is 0.580. The molecule has 2 heterocycles. The minimum absolute atomic E-state index is 0.113. The van der Waals surface area contributed by atoms with E-state index in [9.17, 15) is 10.1 Å². The number of carbonyl (C=O) groups excluding carboxylic acids is 1. The van der Waals surface area contributed by atoms with Crippen LogP contribution in [0.4, 0.5) is 5.69 Å². The van der Waals surface area contributed by atoms with E-state index in [1.54, 1.807) is 10.6 Å². The Balaban J connectivity index is 2.07. The van der Waals surface area contributed by atoms with Crippen molar-refractivity contribution in [2.24, 2.45) is 0 Å². The van der Waals surface area contributed by atoms with Gasteiger partial charge in [-0.05, 0) is 35.8 Å². The van der Waals surface area contributed by atoms with Crippen LogP contribution in [0, 0.1) is 11.3 Å². The van der Waals surface area contributed by atoms with Crippen LogP contribution < -0.4 is 5.73 Å². The average molecular weight is 328 g/mol. The van der Waals surface area contributed by atoms with E-state index in [1.165, 1.54) is 0 Å². The largest absolute Gasteiger partial charge is 0.398 e. The molecule has 0 aliphatic carbocycles. The van der Waals surface area contributed by atoms with Crippen LogP contribution in [-0.4, -0.2) is 15.5 Å². The number of benzene rings is 2. The molecule has 1 unspecified atom stereocenters. The Labute approximate surface area is 145 Å². The quantitative estimate of drug-likeness (QED) is 0.726. The van der Waals surface area contributed by atoms with E-state index in [1.807, 2.05) is 49.4 Å². The van der Waals surface area contributed by atoms with Gasteiger partial charge in [-0.3, -0.25) is 9.36 Å². The molecule has 5 heteroatoms. The fourth-order valence-corrected chi connectivity index (χ4v) is 3.58. The van der Waals surface area contributed by atoms with Gasteiger partial charge in [-0.1, -0.05) is 37.3 Å². The number of rotatable bonds is 2. The highest BCUT2D eigenvalue weighted by Gasteiger charge is 2.37. The predicted molar refractivity (Wildman–Crippen MR) is 96.8 cm³/mol. The van der Waals surface area contributed by atoms with E-state index >= 15 is 0 Å². The minimum Gasteiger partial charge on any atom is -0.398 e. The molecule has 1 atom stereocenters. The van der Waals surface area contributed by atoms with Crippen LogP contribution in [0.2, 0.25) is 0 Å². The molecule has 0 spiro atoms. The summed E-state index contributed by atoms with van der Waals surface area (Å²) in [7, 11) is 0. The Hall–Kier alpha value is -3.39. The fourth-order valence-electron chi connectivity index (χ4n) is 3.58. The number of hydrogen-bond acceptors (Lipinski definition) is 4. The van der Waals surface area contributed by atoms with Crippen molar-refractivity contribution in [1.29, 1.82) is 5.26 Å². The number of nitrogen functional groups attached to an aromatic ring is 1. The first kappa shape index (κ1) is 15.2. The third kappa shape index (κ3) is 2.08. The average Bonchev–Trinajstić information content (AvgIpc) is 3.02. The molecular weight excluding hydrogens is 312 g/mol. The van der Waals surface area contributed by atoms with Crippen molar-refractivity contribution < 1.29 is 4.79 Å². The summed E-state index contributed by atoms with van der Waals surface area (Å²) in [6.45, 7) is 1.95. The van der Waals surface area contributed by atoms with E-state index in [4.69, 9.17) is 5.73 Å². The van der Waals surface area contributed by atoms with Crippen LogP contribution in [0.1, 0.15) is 35.4 Å². The van der Waals surface area contributed by atoms with Crippen LogP contribution in [0.5, 0.6) is 0 Å². The van der Waals surface area contributed by atoms with Gasteiger partial charge in [0.15, 0.2) is 5.82 Å². The van der Waals surface area contributed by atoms with Gasteiger partial charge in [0, 0.05) is 5.69 Å². The summed E-state index contributed by atoms with van der Waals surface area (Å²) in [5.74, 6) is -0.250. The molecule has 0 radical (unpaired) electrons. The molecule has 0 saturated heterocycles. The predicted octanol–water partition coefficient (Wildman–Crippen LogP) is 3.74. The Morgan fingerprint density at radius 3 is 2.64 bits per heavy atom. The molecule has 1 aromatic heterocycles. The number of fused-ring (bicyclic) bond motifs is 3. The van der Waals surface area contributed by atoms with Gasteiger partial charge in [-0.15, -0.1) is 0 Å². The molecular formula is C20H16N4O. The van der Waals surface area contributed by atoms with Gasteiger partial charge in [0.2, 0.25) is 5.91 Å². The number of anilines is 1. The maximum Gasteiger partial charge on any atom is 0.244 e. The number of carbonyl (C=O) groups is 1. The van der Waals surface area contributed by atoms with E-state index in [2.05, 4.69) is 11.1 Å². The number of para-hydroxylation sites is 3. The molecule has 0 saturated carbocycles. The number of hydrogen-bond donors (Lipinski definition) is 1. The zero-order valence-electron chi connectivity index (χ0n) is 13.7. The van der Waals surface area contributed by atoms with E-state index in [0.29, 0.717) is 34.5 Å². The zero-order valence-corrected chi connectivity index (χ0v) is 13.7. The molecule has 0 bridgehead atoms. The standard InChI is InChI=1S/C20H16N4O/c1-2-12-14(11-21)19-23-16-9-5-6-10-17(16)24(19)20(25)18(12)13-7-3-4-8-15(13)22/h3-10,18H,2,22H2,1H3. The van der Waals surface area contributed by atoms with Gasteiger partial charge in [0.1, 0.15) is 6.07 Å². The lowest BCUT2D eigenvalue weighted by atomic mass is 9.82. The maximum atomic E-state index is 13.4. The topological polar surface area (TPSA) is 84.7 Å². The second-order valence-corrected chi connectivity index (χ2v) is 6.03. The molecule has 0 fully saturated rings. The van der Waals surface area contributed by atoms with Crippen LogP contribution in [0.25, 0.3) is 16.6 Å². The normalized spacial score (nSPS) is 16.8. The van der Waals surface area contributed by atoms with Crippen LogP contribution in [0.15, 0.2) is 54.1 Å². The Morgan fingerprint density at radius 1 is 1.20 bits per heavy atom. The van der Waals surface area contributed by atoms with Crippen molar-refractivity contribution in [3.8, 4) is 6.07 Å². The van der Waals surface area contributed by atoms with Crippen molar-refractivity contribution in [2.45, 2.75) is 19.3 Å². The summed E-state index contributed by atoms with van der Waals surface area (Å²) in [5, 5.41) is 9.78. The minimum atomic E-state index is -0.564. The molecule has 1 aliphatic heterocycles. The van der Waals surface area contributed by atoms with Gasteiger partial charge in [0.05, 0.1) is 22.5 Å². The van der Waals surface area contributed by atoms with Gasteiger partial charge in [-0.25, -0.2) is 4.98 Å². The lowest BCUT2D eigenvalue weighted by Crippen LogP contribution is -2.29. The molecule has 5 nitrogen and oxygen atoms in total. The first-order chi connectivity index (χ1) is 12.2. The zero-order chi connectivity index (χ0) is 17.6. The number of nitrogens with two attached hydrogens (primary N) is 1. The molecule has 25 heavy (non-hydrogen) atoms. The second-order valence-electron chi connectivity index (χ2n) is 6.03. The highest BCUT2D eigenvalue weighted by molar-refractivity contribution is 6.05. The number of nitriles is 1. The molecule has 3 aromatic rings. The third-order valence-electron chi connectivity index (χ3n) is 4.72. The van der Waals surface area contributed by atoms with Crippen molar-refractivity contribution in [2.75, 3.05) is 5.73 Å². The molecule has 1 aliphatic rings. The summed E-state index contributed by atoms with van der Waals surface area (Å²) >= 11 is 0. The lowest BCUT2D eigenvalue weighted by molar-refractivity contribution is 0.0891. The molecule has 2 N–H and O–H groups in total. The number of nitrogens with zero attached hydrogens (tertiary/aromatic N) is 3. The summed E-state index contributed by atoms with van der Waals surface area (Å²) < 4.78 is 1.56. The van der Waals surface area contributed by atoms with Crippen LogP contribution in [-0.2, 0) is 0 Å². The van der Waals surface area contributed by atoms with Gasteiger partial charge in [-0.2, -0.15) is 5.26 Å². The van der Waals surface area contributed by atoms with Crippen LogP contribution in [0.3, 0.4) is 0 Å². The first-order valence-corrected chi connectivity index (χ1v) is 8.17. The number of imidazole rings is 1. The first-order valence-electron chi connectivity index (χ1n) is 8.17. The molecule has 4 rings (SSSR count). The smallest absolute Gasteiger partial charge is 0.244 e. The molecule has 2 aromatic carbocycles. The van der Waals surface area contributed by atoms with Gasteiger partial charge >= 0.3 is 0 Å². The second kappa shape index (κ2) is 5.60. The Kier molecular flexibility index (Phi) is 3.40. The SMILES string of the molecule is CCC1=C(C#N)c2nc3ccccc3n2C(=O)C1c1ccccc1N. The van der Waals surface area contributed by atoms with Gasteiger partial charge in [0.25, 0.3) is 0 Å². The van der Waals surface area contributed by atoms with Crippen molar-refractivity contribution in [3.63, 3.8) is 0 Å². The third-order valence-corrected chi connectivity index (χ3v) is 4.72. The van der Waals surface area contributed by atoms with Gasteiger partial charge < -0.3 is 5.73 Å². The van der Waals surface area contributed by atoms with Crippen molar-refractivity contribution in [1.82, 2.24) is 9.55 Å². The summed E-state index contributed by atoms with van der Waals surface area (Å²) in [6, 6.07) is 17.0. The Bertz CT molecular complexity index is 1080. The number of aromatic nitrogens is 2. The summed E-state index contributed by atoms with van der Waals surface area (Å²) in [5.41, 5.74) is 10.1.